The van der Waals surface area contributed by atoms with Crippen LogP contribution in [0.25, 0.3) is 0 Å². The minimum atomic E-state index is 0.103. The molecule has 1 N–H and O–H groups in total. The van der Waals surface area contributed by atoms with Crippen LogP contribution in [0.5, 0.6) is 0 Å². The number of nitrogens with one attached hydrogen (secondary N) is 1. The van der Waals surface area contributed by atoms with Crippen LogP contribution in [0.3, 0.4) is 0 Å². The van der Waals surface area contributed by atoms with Gasteiger partial charge in [0.05, 0.1) is 19.0 Å². The highest BCUT2D eigenvalue weighted by atomic mass is 32.2. The standard InChI is InChI=1S/C17H29N5O2S/c1-21-16(22-9-11-24-12-10-22)19-20-17(21)25-13-15(23)18-14-7-5-3-2-4-6-8-14/h14H,2-13H2,1H3,(H,18,23). The number of carbonyl (C=O) groups excluding carboxylic acids is 1. The summed E-state index contributed by atoms with van der Waals surface area (Å²) in [6.07, 6.45) is 8.61. The molecule has 1 amide bonds. The van der Waals surface area contributed by atoms with Crippen LogP contribution >= 0.6 is 11.8 Å². The minimum Gasteiger partial charge on any atom is -0.378 e. The molecule has 7 nitrogen and oxygen atoms in total. The summed E-state index contributed by atoms with van der Waals surface area (Å²) in [7, 11) is 1.96. The van der Waals surface area contributed by atoms with Gasteiger partial charge < -0.3 is 15.0 Å². The molecule has 0 aromatic carbocycles. The van der Waals surface area contributed by atoms with Crippen LogP contribution in [0.1, 0.15) is 44.9 Å². The second kappa shape index (κ2) is 9.43. The van der Waals surface area contributed by atoms with Crippen molar-refractivity contribution in [3.63, 3.8) is 0 Å². The predicted molar refractivity (Wildman–Crippen MR) is 99.0 cm³/mol. The van der Waals surface area contributed by atoms with Crippen molar-refractivity contribution >= 4 is 23.6 Å². The molecule has 3 rings (SSSR count). The fourth-order valence-corrected chi connectivity index (χ4v) is 4.19. The lowest BCUT2D eigenvalue weighted by Gasteiger charge is -2.27. The number of thioether (sulfide) groups is 1. The van der Waals surface area contributed by atoms with Crippen LogP contribution in [0, 0.1) is 0 Å². The SMILES string of the molecule is Cn1c(SCC(=O)NC2CCCCCCC2)nnc1N1CCOCC1. The molecule has 0 unspecified atom stereocenters. The number of nitrogens with zero attached hydrogens (tertiary/aromatic N) is 4. The maximum Gasteiger partial charge on any atom is 0.230 e. The van der Waals surface area contributed by atoms with Gasteiger partial charge in [-0.2, -0.15) is 0 Å². The molecule has 25 heavy (non-hydrogen) atoms. The molecule has 1 aromatic heterocycles. The lowest BCUT2D eigenvalue weighted by atomic mass is 9.97. The molecule has 2 heterocycles. The van der Waals surface area contributed by atoms with Crippen molar-refractivity contribution in [2.24, 2.45) is 7.05 Å². The summed E-state index contributed by atoms with van der Waals surface area (Å²) >= 11 is 1.46. The van der Waals surface area contributed by atoms with Crippen molar-refractivity contribution in [2.45, 2.75) is 56.1 Å². The lowest BCUT2D eigenvalue weighted by molar-refractivity contribution is -0.119. The van der Waals surface area contributed by atoms with Crippen LogP contribution in [0.4, 0.5) is 5.95 Å². The summed E-state index contributed by atoms with van der Waals surface area (Å²) in [6, 6.07) is 0.344. The molecule has 8 heteroatoms. The van der Waals surface area contributed by atoms with E-state index in [0.717, 1.165) is 50.2 Å². The molecule has 0 atom stereocenters. The van der Waals surface area contributed by atoms with E-state index in [0.29, 0.717) is 11.8 Å². The van der Waals surface area contributed by atoms with Crippen LogP contribution in [-0.4, -0.2) is 58.8 Å². The highest BCUT2D eigenvalue weighted by Gasteiger charge is 2.20. The molecule has 0 radical (unpaired) electrons. The van der Waals surface area contributed by atoms with Gasteiger partial charge in [0.15, 0.2) is 5.16 Å². The van der Waals surface area contributed by atoms with Gasteiger partial charge in [-0.25, -0.2) is 0 Å². The Kier molecular flexibility index (Phi) is 6.98. The molecule has 0 bridgehead atoms. The van der Waals surface area contributed by atoms with Gasteiger partial charge >= 0.3 is 0 Å². The number of ether oxygens (including phenoxy) is 1. The van der Waals surface area contributed by atoms with Crippen molar-refractivity contribution < 1.29 is 9.53 Å². The minimum absolute atomic E-state index is 0.103. The number of amides is 1. The Hall–Kier alpha value is -1.28. The number of anilines is 1. The summed E-state index contributed by atoms with van der Waals surface area (Å²) in [4.78, 5) is 14.5. The van der Waals surface area contributed by atoms with Gasteiger partial charge in [-0.3, -0.25) is 9.36 Å². The first-order chi connectivity index (χ1) is 12.2. The third-order valence-electron chi connectivity index (χ3n) is 4.91. The van der Waals surface area contributed by atoms with Gasteiger partial charge in [-0.05, 0) is 12.8 Å². The van der Waals surface area contributed by atoms with Crippen LogP contribution in [0.2, 0.25) is 0 Å². The van der Waals surface area contributed by atoms with Gasteiger partial charge in [-0.1, -0.05) is 43.9 Å². The van der Waals surface area contributed by atoms with Crippen molar-refractivity contribution in [1.82, 2.24) is 20.1 Å². The second-order valence-corrected chi connectivity index (χ2v) is 7.78. The Bertz CT molecular complexity index is 551. The molecular weight excluding hydrogens is 338 g/mol. The first kappa shape index (κ1) is 18.5. The third-order valence-corrected chi connectivity index (χ3v) is 5.93. The van der Waals surface area contributed by atoms with Gasteiger partial charge in [0, 0.05) is 26.2 Å². The van der Waals surface area contributed by atoms with Crippen molar-refractivity contribution in [2.75, 3.05) is 37.0 Å². The Morgan fingerprint density at radius 3 is 2.56 bits per heavy atom. The Morgan fingerprint density at radius 1 is 1.16 bits per heavy atom. The first-order valence-electron chi connectivity index (χ1n) is 9.38. The average Bonchev–Trinajstić information content (AvgIpc) is 2.97. The van der Waals surface area contributed by atoms with E-state index in [2.05, 4.69) is 20.4 Å². The Morgan fingerprint density at radius 2 is 1.84 bits per heavy atom. The highest BCUT2D eigenvalue weighted by molar-refractivity contribution is 7.99. The van der Waals surface area contributed by atoms with E-state index in [9.17, 15) is 4.79 Å². The Balaban J connectivity index is 1.47. The molecule has 140 valence electrons. The maximum absolute atomic E-state index is 12.3. The summed E-state index contributed by atoms with van der Waals surface area (Å²) < 4.78 is 7.35. The molecule has 2 fully saturated rings. The fourth-order valence-electron chi connectivity index (χ4n) is 3.47. The number of rotatable bonds is 5. The average molecular weight is 368 g/mol. The van der Waals surface area contributed by atoms with Gasteiger partial charge in [0.25, 0.3) is 0 Å². The number of hydrogen-bond acceptors (Lipinski definition) is 6. The topological polar surface area (TPSA) is 72.3 Å². The van der Waals surface area contributed by atoms with E-state index in [1.807, 2.05) is 11.6 Å². The van der Waals surface area contributed by atoms with E-state index in [-0.39, 0.29) is 5.91 Å². The van der Waals surface area contributed by atoms with Gasteiger partial charge in [0.1, 0.15) is 0 Å². The summed E-state index contributed by atoms with van der Waals surface area (Å²) in [5.41, 5.74) is 0. The third kappa shape index (κ3) is 5.34. The zero-order valence-corrected chi connectivity index (χ0v) is 15.9. The number of aromatic nitrogens is 3. The van der Waals surface area contributed by atoms with Gasteiger partial charge in [0.2, 0.25) is 11.9 Å². The predicted octanol–water partition coefficient (Wildman–Crippen LogP) is 1.97. The summed E-state index contributed by atoms with van der Waals surface area (Å²) in [5, 5.41) is 12.5. The smallest absolute Gasteiger partial charge is 0.230 e. The van der Waals surface area contributed by atoms with E-state index >= 15 is 0 Å². The fraction of sp³-hybridized carbons (Fsp3) is 0.824. The van der Waals surface area contributed by atoms with Crippen LogP contribution in [-0.2, 0) is 16.6 Å². The number of carbonyl (C=O) groups is 1. The molecule has 1 aliphatic heterocycles. The first-order valence-corrected chi connectivity index (χ1v) is 10.4. The van der Waals surface area contributed by atoms with Crippen LogP contribution in [0.15, 0.2) is 5.16 Å². The second-order valence-electron chi connectivity index (χ2n) is 6.84. The zero-order chi connectivity index (χ0) is 17.5. The zero-order valence-electron chi connectivity index (χ0n) is 15.1. The Labute approximate surface area is 153 Å². The quantitative estimate of drug-likeness (QED) is 0.802. The monoisotopic (exact) mass is 367 g/mol. The van der Waals surface area contributed by atoms with Crippen molar-refractivity contribution in [3.05, 3.63) is 0 Å². The molecule has 2 aliphatic rings. The molecule has 1 aliphatic carbocycles. The van der Waals surface area contributed by atoms with Crippen molar-refractivity contribution in [3.8, 4) is 0 Å². The molecule has 1 aromatic rings. The molecule has 1 saturated carbocycles. The highest BCUT2D eigenvalue weighted by Crippen LogP contribution is 2.21. The number of hydrogen-bond donors (Lipinski definition) is 1. The van der Waals surface area contributed by atoms with Gasteiger partial charge in [-0.15, -0.1) is 10.2 Å². The van der Waals surface area contributed by atoms with E-state index in [4.69, 9.17) is 4.74 Å². The summed E-state index contributed by atoms with van der Waals surface area (Å²) in [6.45, 7) is 3.11. The molecule has 0 spiro atoms. The van der Waals surface area contributed by atoms with E-state index in [1.165, 1.54) is 43.9 Å². The number of morpholine rings is 1. The van der Waals surface area contributed by atoms with E-state index in [1.54, 1.807) is 0 Å². The largest absolute Gasteiger partial charge is 0.378 e. The maximum atomic E-state index is 12.3. The summed E-state index contributed by atoms with van der Waals surface area (Å²) in [5.74, 6) is 1.35. The van der Waals surface area contributed by atoms with E-state index < -0.39 is 0 Å². The van der Waals surface area contributed by atoms with Crippen LogP contribution < -0.4 is 10.2 Å². The van der Waals surface area contributed by atoms with Crippen molar-refractivity contribution in [1.29, 1.82) is 0 Å². The molecular formula is C17H29N5O2S. The molecule has 1 saturated heterocycles. The lowest BCUT2D eigenvalue weighted by Crippen LogP contribution is -2.37. The normalized spacial score (nSPS) is 20.1.